The third kappa shape index (κ3) is 4.40. The van der Waals surface area contributed by atoms with Gasteiger partial charge in [-0.15, -0.1) is 11.3 Å². The lowest BCUT2D eigenvalue weighted by atomic mass is 9.49. The number of anilines is 3. The molecule has 3 aliphatic rings. The van der Waals surface area contributed by atoms with Gasteiger partial charge in [0.15, 0.2) is 0 Å². The highest BCUT2D eigenvalue weighted by Crippen LogP contribution is 2.65. The van der Waals surface area contributed by atoms with E-state index in [2.05, 4.69) is 163 Å². The average Bonchev–Trinajstić information content (AvgIpc) is 3.69. The van der Waals surface area contributed by atoms with Gasteiger partial charge in [-0.2, -0.15) is 0 Å². The first-order valence-electron chi connectivity index (χ1n) is 19.2. The maximum Gasteiger partial charge on any atom is 0.0540 e. The Hall–Kier alpha value is -5.18. The average molecular weight is 688 g/mol. The molecule has 252 valence electrons. The molecule has 7 aromatic carbocycles. The zero-order valence-corrected chi connectivity index (χ0v) is 30.4. The number of hydrogen-bond acceptors (Lipinski definition) is 2. The summed E-state index contributed by atoms with van der Waals surface area (Å²) in [6.45, 7) is 2.50. The first kappa shape index (κ1) is 30.4. The molecule has 2 bridgehead atoms. The van der Waals surface area contributed by atoms with Crippen molar-refractivity contribution in [2.24, 2.45) is 17.8 Å². The topological polar surface area (TPSA) is 3.24 Å². The molecule has 11 rings (SSSR count). The van der Waals surface area contributed by atoms with Crippen molar-refractivity contribution in [3.8, 4) is 22.3 Å². The Kier molecular flexibility index (Phi) is 6.83. The molecule has 0 radical (unpaired) electrons. The maximum atomic E-state index is 2.54. The minimum Gasteiger partial charge on any atom is -0.310 e. The van der Waals surface area contributed by atoms with E-state index in [-0.39, 0.29) is 5.41 Å². The molecule has 2 unspecified atom stereocenters. The van der Waals surface area contributed by atoms with Gasteiger partial charge in [0, 0.05) is 42.3 Å². The molecule has 0 saturated heterocycles. The summed E-state index contributed by atoms with van der Waals surface area (Å²) in [7, 11) is 0. The Morgan fingerprint density at radius 2 is 1.21 bits per heavy atom. The predicted octanol–water partition coefficient (Wildman–Crippen LogP) is 14.5. The van der Waals surface area contributed by atoms with Crippen molar-refractivity contribution < 1.29 is 0 Å². The van der Waals surface area contributed by atoms with E-state index in [1.165, 1.54) is 102 Å². The maximum absolute atomic E-state index is 2.54. The van der Waals surface area contributed by atoms with E-state index in [0.29, 0.717) is 0 Å². The molecule has 1 aromatic heterocycles. The van der Waals surface area contributed by atoms with Crippen LogP contribution in [0.2, 0.25) is 0 Å². The summed E-state index contributed by atoms with van der Waals surface area (Å²) >= 11 is 1.88. The van der Waals surface area contributed by atoms with E-state index in [9.17, 15) is 0 Å². The molecular formula is C50H41NS. The minimum atomic E-state index is 0.149. The van der Waals surface area contributed by atoms with Crippen LogP contribution < -0.4 is 4.90 Å². The van der Waals surface area contributed by atoms with Crippen molar-refractivity contribution in [2.45, 2.75) is 44.4 Å². The van der Waals surface area contributed by atoms with Gasteiger partial charge in [0.1, 0.15) is 0 Å². The second kappa shape index (κ2) is 11.7. The third-order valence-corrected chi connectivity index (χ3v) is 14.1. The quantitative estimate of drug-likeness (QED) is 0.178. The minimum absolute atomic E-state index is 0.149. The fraction of sp³-hybridized carbons (Fsp3) is 0.200. The molecule has 8 aromatic rings. The van der Waals surface area contributed by atoms with Crippen LogP contribution in [-0.4, -0.2) is 0 Å². The zero-order chi connectivity index (χ0) is 34.4. The van der Waals surface area contributed by atoms with Gasteiger partial charge in [0.25, 0.3) is 0 Å². The Balaban J connectivity index is 1.06. The van der Waals surface area contributed by atoms with Crippen LogP contribution in [0.4, 0.5) is 17.1 Å². The van der Waals surface area contributed by atoms with Crippen molar-refractivity contribution >= 4 is 59.3 Å². The summed E-state index contributed by atoms with van der Waals surface area (Å²) in [5, 5.41) is 5.21. The number of fused-ring (bicyclic) bond motifs is 7. The summed E-state index contributed by atoms with van der Waals surface area (Å²) in [4.78, 5) is 2.50. The van der Waals surface area contributed by atoms with Gasteiger partial charge in [-0.05, 0) is 125 Å². The SMILES string of the molecule is CC1CC2CCCC(C1)C21c2ccccc2-c2cc(N(c3ccc(-c4ccc5c(c4)sc4ccccc45)cc3)c3cccc4ccccc34)ccc21. The molecule has 1 heterocycles. The second-order valence-electron chi connectivity index (χ2n) is 15.7. The highest BCUT2D eigenvalue weighted by atomic mass is 32.1. The van der Waals surface area contributed by atoms with E-state index >= 15 is 0 Å². The van der Waals surface area contributed by atoms with Crippen molar-refractivity contribution in [2.75, 3.05) is 4.90 Å². The smallest absolute Gasteiger partial charge is 0.0540 e. The van der Waals surface area contributed by atoms with Crippen LogP contribution in [0, 0.1) is 17.8 Å². The second-order valence-corrected chi connectivity index (χ2v) is 16.8. The van der Waals surface area contributed by atoms with Crippen LogP contribution >= 0.6 is 11.3 Å². The number of nitrogens with zero attached hydrogens (tertiary/aromatic N) is 1. The fourth-order valence-electron chi connectivity index (χ4n) is 11.0. The predicted molar refractivity (Wildman–Crippen MR) is 222 cm³/mol. The van der Waals surface area contributed by atoms with Crippen LogP contribution in [0.15, 0.2) is 152 Å². The highest BCUT2D eigenvalue weighted by Gasteiger charge is 2.57. The summed E-state index contributed by atoms with van der Waals surface area (Å²) in [5.74, 6) is 2.25. The number of thiophene rings is 1. The Morgan fingerprint density at radius 3 is 2.08 bits per heavy atom. The number of hydrogen-bond donors (Lipinski definition) is 0. The molecule has 2 fully saturated rings. The summed E-state index contributed by atoms with van der Waals surface area (Å²) in [5.41, 5.74) is 12.3. The van der Waals surface area contributed by atoms with Gasteiger partial charge >= 0.3 is 0 Å². The van der Waals surface area contributed by atoms with Gasteiger partial charge in [-0.25, -0.2) is 0 Å². The molecule has 52 heavy (non-hydrogen) atoms. The molecule has 2 heteroatoms. The summed E-state index contributed by atoms with van der Waals surface area (Å²) in [6.07, 6.45) is 6.76. The Morgan fingerprint density at radius 1 is 0.538 bits per heavy atom. The Labute approximate surface area is 310 Å². The standard InChI is InChI=1S/C50H41NS/c1-32-28-36-12-9-13-37(29-32)50(36)45-17-6-4-15-41(45)44-31-39(25-27-46(44)50)51(47-18-8-11-34-10-2-3-14-40(34)47)38-23-20-33(21-24-38)35-22-26-43-42-16-5-7-19-48(42)52-49(43)30-35/h2-8,10-11,14-27,30-32,36-37H,9,12-13,28-29H2,1H3. The van der Waals surface area contributed by atoms with Crippen molar-refractivity contribution in [1.29, 1.82) is 0 Å². The van der Waals surface area contributed by atoms with E-state index < -0.39 is 0 Å². The highest BCUT2D eigenvalue weighted by molar-refractivity contribution is 7.25. The van der Waals surface area contributed by atoms with E-state index in [4.69, 9.17) is 0 Å². The number of benzene rings is 7. The normalized spacial score (nSPS) is 21.8. The van der Waals surface area contributed by atoms with Gasteiger partial charge in [-0.1, -0.05) is 123 Å². The van der Waals surface area contributed by atoms with Crippen LogP contribution in [0.5, 0.6) is 0 Å². The third-order valence-electron chi connectivity index (χ3n) is 13.0. The molecule has 0 N–H and O–H groups in total. The van der Waals surface area contributed by atoms with Crippen molar-refractivity contribution in [3.63, 3.8) is 0 Å². The van der Waals surface area contributed by atoms with Crippen LogP contribution in [-0.2, 0) is 5.41 Å². The molecule has 1 nitrogen and oxygen atoms in total. The lowest BCUT2D eigenvalue weighted by Gasteiger charge is -2.54. The van der Waals surface area contributed by atoms with Gasteiger partial charge < -0.3 is 4.90 Å². The molecule has 1 spiro atoms. The number of rotatable bonds is 4. The lowest BCUT2D eigenvalue weighted by molar-refractivity contribution is 0.0564. The molecule has 0 amide bonds. The van der Waals surface area contributed by atoms with Crippen LogP contribution in [0.1, 0.15) is 50.2 Å². The molecule has 3 aliphatic carbocycles. The fourth-order valence-corrected chi connectivity index (χ4v) is 12.1. The Bertz CT molecular complexity index is 2640. The molecule has 2 atom stereocenters. The molecule has 2 saturated carbocycles. The van der Waals surface area contributed by atoms with Crippen LogP contribution in [0.25, 0.3) is 53.2 Å². The lowest BCUT2D eigenvalue weighted by Crippen LogP contribution is -2.49. The summed E-state index contributed by atoms with van der Waals surface area (Å²) in [6, 6.07) is 57.5. The van der Waals surface area contributed by atoms with Crippen molar-refractivity contribution in [3.05, 3.63) is 163 Å². The first-order chi connectivity index (χ1) is 25.7. The van der Waals surface area contributed by atoms with Gasteiger partial charge in [0.2, 0.25) is 0 Å². The monoisotopic (exact) mass is 687 g/mol. The first-order valence-corrected chi connectivity index (χ1v) is 20.0. The van der Waals surface area contributed by atoms with Crippen LogP contribution in [0.3, 0.4) is 0 Å². The van der Waals surface area contributed by atoms with Gasteiger partial charge in [-0.3, -0.25) is 0 Å². The van der Waals surface area contributed by atoms with E-state index in [1.807, 2.05) is 11.3 Å². The zero-order valence-electron chi connectivity index (χ0n) is 29.6. The molecule has 0 aliphatic heterocycles. The van der Waals surface area contributed by atoms with Crippen molar-refractivity contribution in [1.82, 2.24) is 0 Å². The van der Waals surface area contributed by atoms with E-state index in [1.54, 1.807) is 11.1 Å². The summed E-state index contributed by atoms with van der Waals surface area (Å²) < 4.78 is 2.69. The molecular weight excluding hydrogens is 647 g/mol. The van der Waals surface area contributed by atoms with E-state index in [0.717, 1.165) is 17.8 Å². The van der Waals surface area contributed by atoms with Gasteiger partial charge in [0.05, 0.1) is 5.69 Å². The largest absolute Gasteiger partial charge is 0.310 e.